The van der Waals surface area contributed by atoms with Crippen molar-refractivity contribution in [2.75, 3.05) is 19.5 Å². The van der Waals surface area contributed by atoms with Crippen LogP contribution in [-0.4, -0.2) is 33.9 Å². The number of hydrogen-bond acceptors (Lipinski definition) is 5. The summed E-state index contributed by atoms with van der Waals surface area (Å²) in [4.78, 5) is 16.5. The molecule has 7 heteroatoms. The Balaban J connectivity index is 3.98. The van der Waals surface area contributed by atoms with Gasteiger partial charge in [0.25, 0.3) is 0 Å². The van der Waals surface area contributed by atoms with Gasteiger partial charge in [0, 0.05) is 0 Å². The number of ether oxygens (including phenoxy) is 1. The third kappa shape index (κ3) is 5.05. The highest BCUT2D eigenvalue weighted by molar-refractivity contribution is 7.90. The number of hydrogen-bond donors (Lipinski definition) is 1. The lowest BCUT2D eigenvalue weighted by molar-refractivity contribution is -0.140. The van der Waals surface area contributed by atoms with Gasteiger partial charge in [0.15, 0.2) is 5.75 Å². The minimum atomic E-state index is -3.70. The van der Waals surface area contributed by atoms with Gasteiger partial charge in [-0.15, -0.1) is 0 Å². The molecule has 0 fully saturated rings. The van der Waals surface area contributed by atoms with Crippen molar-refractivity contribution in [1.29, 1.82) is 0 Å². The highest BCUT2D eigenvalue weighted by atomic mass is 32.2. The number of rotatable bonds is 5. The summed E-state index contributed by atoms with van der Waals surface area (Å²) in [6, 6.07) is 0. The predicted molar refractivity (Wildman–Crippen MR) is 40.6 cm³/mol. The molecule has 0 atom stereocenters. The lowest BCUT2D eigenvalue weighted by atomic mass is 10.8. The molecular formula is C5H11NO5S. The lowest BCUT2D eigenvalue weighted by Gasteiger charge is -2.02. The van der Waals surface area contributed by atoms with E-state index in [9.17, 15) is 13.2 Å². The summed E-state index contributed by atoms with van der Waals surface area (Å²) in [6.07, 6.45) is 0. The molecule has 12 heavy (non-hydrogen) atoms. The van der Waals surface area contributed by atoms with Crippen molar-refractivity contribution in [2.45, 2.75) is 6.92 Å². The molecule has 0 saturated heterocycles. The predicted octanol–water partition coefficient (Wildman–Crippen LogP) is -0.970. The maximum Gasteiger partial charge on any atom is 0.322 e. The van der Waals surface area contributed by atoms with E-state index in [4.69, 9.17) is 0 Å². The minimum absolute atomic E-state index is 0.154. The number of nitrogens with one attached hydrogen (secondary N) is 1. The molecule has 6 nitrogen and oxygen atoms in total. The zero-order chi connectivity index (χ0) is 9.61. The Morgan fingerprint density at radius 2 is 2.08 bits per heavy atom. The van der Waals surface area contributed by atoms with Crippen LogP contribution in [0.4, 0.5) is 0 Å². The Labute approximate surface area is 70.9 Å². The second-order valence-electron chi connectivity index (χ2n) is 1.85. The second-order valence-corrected chi connectivity index (χ2v) is 3.54. The molecule has 0 heterocycles. The molecular weight excluding hydrogens is 186 g/mol. The van der Waals surface area contributed by atoms with Gasteiger partial charge in [0.2, 0.25) is 10.0 Å². The first-order valence-electron chi connectivity index (χ1n) is 3.20. The zero-order valence-electron chi connectivity index (χ0n) is 6.86. The fourth-order valence-electron chi connectivity index (χ4n) is 0.514. The van der Waals surface area contributed by atoms with E-state index in [2.05, 4.69) is 9.57 Å². The van der Waals surface area contributed by atoms with E-state index in [0.717, 1.165) is 7.11 Å². The Morgan fingerprint density at radius 1 is 1.50 bits per heavy atom. The van der Waals surface area contributed by atoms with Crippen LogP contribution >= 0.6 is 0 Å². The van der Waals surface area contributed by atoms with Crippen LogP contribution in [0.1, 0.15) is 6.92 Å². The molecule has 0 amide bonds. The Kier molecular flexibility index (Phi) is 4.79. The zero-order valence-corrected chi connectivity index (χ0v) is 7.68. The molecule has 72 valence electrons. The fraction of sp³-hybridized carbons (Fsp3) is 0.800. The smallest absolute Gasteiger partial charge is 0.322 e. The van der Waals surface area contributed by atoms with Crippen LogP contribution in [-0.2, 0) is 24.4 Å². The van der Waals surface area contributed by atoms with E-state index >= 15 is 0 Å². The summed E-state index contributed by atoms with van der Waals surface area (Å²) < 4.78 is 26.0. The van der Waals surface area contributed by atoms with Crippen LogP contribution in [0.5, 0.6) is 0 Å². The van der Waals surface area contributed by atoms with Gasteiger partial charge in [-0.25, -0.2) is 8.42 Å². The molecule has 0 aliphatic rings. The van der Waals surface area contributed by atoms with E-state index in [1.807, 2.05) is 0 Å². The van der Waals surface area contributed by atoms with Gasteiger partial charge in [-0.1, -0.05) is 4.89 Å². The van der Waals surface area contributed by atoms with Crippen LogP contribution in [0, 0.1) is 0 Å². The SMILES string of the molecule is CCOC(=O)CS(=O)(=O)NOC. The van der Waals surface area contributed by atoms with E-state index in [1.54, 1.807) is 11.8 Å². The van der Waals surface area contributed by atoms with Gasteiger partial charge in [-0.2, -0.15) is 0 Å². The van der Waals surface area contributed by atoms with Crippen molar-refractivity contribution in [2.24, 2.45) is 0 Å². The van der Waals surface area contributed by atoms with Gasteiger partial charge in [0.1, 0.15) is 0 Å². The van der Waals surface area contributed by atoms with Crippen LogP contribution in [0.25, 0.3) is 0 Å². The quantitative estimate of drug-likeness (QED) is 0.453. The molecule has 0 aliphatic heterocycles. The molecule has 0 saturated carbocycles. The summed E-state index contributed by atoms with van der Waals surface area (Å²) in [5, 5.41) is 0. The molecule has 0 rings (SSSR count). The van der Waals surface area contributed by atoms with Gasteiger partial charge in [-0.05, 0) is 6.92 Å². The first-order chi connectivity index (χ1) is 5.52. The maximum atomic E-state index is 10.8. The highest BCUT2D eigenvalue weighted by Crippen LogP contribution is 1.87. The largest absolute Gasteiger partial charge is 0.465 e. The molecule has 0 aliphatic carbocycles. The molecule has 0 aromatic heterocycles. The summed E-state index contributed by atoms with van der Waals surface area (Å²) >= 11 is 0. The molecule has 0 radical (unpaired) electrons. The first kappa shape index (κ1) is 11.3. The maximum absolute atomic E-state index is 10.8. The van der Waals surface area contributed by atoms with Gasteiger partial charge >= 0.3 is 5.97 Å². The first-order valence-corrected chi connectivity index (χ1v) is 4.85. The van der Waals surface area contributed by atoms with Crippen molar-refractivity contribution < 1.29 is 22.8 Å². The third-order valence-electron chi connectivity index (χ3n) is 0.823. The van der Waals surface area contributed by atoms with Gasteiger partial charge in [-0.3, -0.25) is 9.63 Å². The molecule has 0 unspecified atom stereocenters. The third-order valence-corrected chi connectivity index (χ3v) is 1.86. The Bertz CT molecular complexity index is 234. The lowest BCUT2D eigenvalue weighted by Crippen LogP contribution is -2.30. The molecule has 0 aromatic rings. The topological polar surface area (TPSA) is 81.7 Å². The van der Waals surface area contributed by atoms with Crippen LogP contribution in [0.15, 0.2) is 0 Å². The van der Waals surface area contributed by atoms with Crippen LogP contribution in [0.2, 0.25) is 0 Å². The number of carbonyl (C=O) groups is 1. The Hall–Kier alpha value is -0.660. The van der Waals surface area contributed by atoms with E-state index < -0.39 is 21.7 Å². The molecule has 0 bridgehead atoms. The number of carbonyl (C=O) groups excluding carboxylic acids is 1. The summed E-state index contributed by atoms with van der Waals surface area (Å²) in [6.45, 7) is 1.75. The Morgan fingerprint density at radius 3 is 2.50 bits per heavy atom. The average Bonchev–Trinajstić information content (AvgIpc) is 1.85. The normalized spacial score (nSPS) is 11.2. The van der Waals surface area contributed by atoms with Crippen LogP contribution < -0.4 is 4.89 Å². The standard InChI is InChI=1S/C5H11NO5S/c1-3-11-5(7)4-12(8,9)6-10-2/h6H,3-4H2,1-2H3. The summed E-state index contributed by atoms with van der Waals surface area (Å²) in [7, 11) is -2.56. The number of esters is 1. The summed E-state index contributed by atoms with van der Waals surface area (Å²) in [5.74, 6) is -1.53. The molecule has 0 aromatic carbocycles. The fourth-order valence-corrected chi connectivity index (χ4v) is 1.22. The summed E-state index contributed by atoms with van der Waals surface area (Å²) in [5.41, 5.74) is 0. The van der Waals surface area contributed by atoms with Crippen molar-refractivity contribution in [3.63, 3.8) is 0 Å². The van der Waals surface area contributed by atoms with E-state index in [0.29, 0.717) is 0 Å². The van der Waals surface area contributed by atoms with Crippen molar-refractivity contribution in [1.82, 2.24) is 4.89 Å². The molecule has 0 spiro atoms. The second kappa shape index (κ2) is 5.07. The van der Waals surface area contributed by atoms with Crippen LogP contribution in [0.3, 0.4) is 0 Å². The molecule has 1 N–H and O–H groups in total. The van der Waals surface area contributed by atoms with Crippen molar-refractivity contribution in [3.05, 3.63) is 0 Å². The van der Waals surface area contributed by atoms with Crippen molar-refractivity contribution in [3.8, 4) is 0 Å². The highest BCUT2D eigenvalue weighted by Gasteiger charge is 2.16. The van der Waals surface area contributed by atoms with E-state index in [-0.39, 0.29) is 6.61 Å². The minimum Gasteiger partial charge on any atom is -0.465 e. The number of sulfonamides is 1. The monoisotopic (exact) mass is 197 g/mol. The average molecular weight is 197 g/mol. The van der Waals surface area contributed by atoms with E-state index in [1.165, 1.54) is 0 Å². The van der Waals surface area contributed by atoms with Crippen molar-refractivity contribution >= 4 is 16.0 Å². The van der Waals surface area contributed by atoms with Gasteiger partial charge in [0.05, 0.1) is 13.7 Å². The van der Waals surface area contributed by atoms with Gasteiger partial charge < -0.3 is 4.74 Å².